The second kappa shape index (κ2) is 8.20. The number of pyridine rings is 1. The van der Waals surface area contributed by atoms with Crippen LogP contribution in [0.1, 0.15) is 27.9 Å². The molecule has 0 amide bonds. The van der Waals surface area contributed by atoms with E-state index < -0.39 is 0 Å². The van der Waals surface area contributed by atoms with Crippen LogP contribution in [0.3, 0.4) is 0 Å². The van der Waals surface area contributed by atoms with E-state index in [4.69, 9.17) is 4.74 Å². The van der Waals surface area contributed by atoms with Gasteiger partial charge in [-0.25, -0.2) is 4.98 Å². The first-order valence-corrected chi connectivity index (χ1v) is 10.3. The van der Waals surface area contributed by atoms with Crippen LogP contribution in [0.2, 0.25) is 0 Å². The first kappa shape index (κ1) is 18.8. The molecule has 4 rings (SSSR count). The maximum atomic E-state index is 11.8. The summed E-state index contributed by atoms with van der Waals surface area (Å²) in [7, 11) is 0. The summed E-state index contributed by atoms with van der Waals surface area (Å²) < 4.78 is 5.76. The number of carbonyl (C=O) groups excluding carboxylic acids is 1. The van der Waals surface area contributed by atoms with Crippen molar-refractivity contribution in [3.8, 4) is 11.1 Å². The van der Waals surface area contributed by atoms with Crippen molar-refractivity contribution >= 4 is 22.3 Å². The minimum atomic E-state index is 0.0789. The molecule has 1 aromatic carbocycles. The molecule has 1 aliphatic rings. The molecule has 0 saturated carbocycles. The molecule has 1 saturated heterocycles. The molecule has 1 fully saturated rings. The van der Waals surface area contributed by atoms with Gasteiger partial charge in [-0.05, 0) is 36.1 Å². The Hall–Kier alpha value is -2.57. The summed E-state index contributed by atoms with van der Waals surface area (Å²) >= 11 is 1.49. The molecule has 2 aromatic heterocycles. The third kappa shape index (κ3) is 3.98. The SMILES string of the molecule is CC(=O)c1sc(N2CCOC[C@@H]2Cc2cccc(-c3cccnc3)c2)nc1C. The first-order chi connectivity index (χ1) is 13.6. The Kier molecular flexibility index (Phi) is 5.50. The Balaban J connectivity index is 1.58. The summed E-state index contributed by atoms with van der Waals surface area (Å²) in [5.74, 6) is 0.0789. The van der Waals surface area contributed by atoms with Gasteiger partial charge in [0.15, 0.2) is 10.9 Å². The van der Waals surface area contributed by atoms with Crippen LogP contribution in [-0.2, 0) is 11.2 Å². The van der Waals surface area contributed by atoms with Crippen LogP contribution < -0.4 is 4.90 Å². The highest BCUT2D eigenvalue weighted by Gasteiger charge is 2.27. The van der Waals surface area contributed by atoms with Crippen molar-refractivity contribution in [1.82, 2.24) is 9.97 Å². The molecule has 0 N–H and O–H groups in total. The van der Waals surface area contributed by atoms with Gasteiger partial charge >= 0.3 is 0 Å². The van der Waals surface area contributed by atoms with Crippen molar-refractivity contribution in [2.75, 3.05) is 24.7 Å². The lowest BCUT2D eigenvalue weighted by molar-refractivity contribution is 0.0940. The molecule has 6 heteroatoms. The molecule has 0 unspecified atom stereocenters. The fourth-order valence-electron chi connectivity index (χ4n) is 3.59. The van der Waals surface area contributed by atoms with Gasteiger partial charge < -0.3 is 9.64 Å². The van der Waals surface area contributed by atoms with E-state index in [1.165, 1.54) is 16.9 Å². The lowest BCUT2D eigenvalue weighted by Crippen LogP contribution is -2.46. The molecule has 1 aliphatic heterocycles. The van der Waals surface area contributed by atoms with Crippen molar-refractivity contribution in [1.29, 1.82) is 0 Å². The number of carbonyl (C=O) groups is 1. The van der Waals surface area contributed by atoms with Crippen LogP contribution in [0.15, 0.2) is 48.8 Å². The minimum absolute atomic E-state index is 0.0789. The van der Waals surface area contributed by atoms with Crippen molar-refractivity contribution < 1.29 is 9.53 Å². The van der Waals surface area contributed by atoms with E-state index in [1.54, 1.807) is 13.1 Å². The van der Waals surface area contributed by atoms with E-state index in [0.717, 1.165) is 39.8 Å². The number of ether oxygens (including phenoxy) is 1. The van der Waals surface area contributed by atoms with E-state index in [1.807, 2.05) is 19.2 Å². The van der Waals surface area contributed by atoms with Gasteiger partial charge in [0, 0.05) is 25.9 Å². The van der Waals surface area contributed by atoms with Crippen molar-refractivity contribution in [3.05, 3.63) is 64.9 Å². The number of Topliss-reactive ketones (excluding diaryl/α,β-unsaturated/α-hetero) is 1. The van der Waals surface area contributed by atoms with Gasteiger partial charge in [-0.1, -0.05) is 41.7 Å². The quantitative estimate of drug-likeness (QED) is 0.609. The van der Waals surface area contributed by atoms with E-state index in [2.05, 4.69) is 45.2 Å². The monoisotopic (exact) mass is 393 g/mol. The largest absolute Gasteiger partial charge is 0.377 e. The number of anilines is 1. The first-order valence-electron chi connectivity index (χ1n) is 9.44. The highest BCUT2D eigenvalue weighted by molar-refractivity contribution is 7.17. The molecular formula is C22H23N3O2S. The molecule has 0 aliphatic carbocycles. The number of hydrogen-bond donors (Lipinski definition) is 0. The maximum absolute atomic E-state index is 11.8. The average Bonchev–Trinajstić information content (AvgIpc) is 3.11. The van der Waals surface area contributed by atoms with Gasteiger partial charge in [0.2, 0.25) is 0 Å². The Bertz CT molecular complexity index is 971. The standard InChI is InChI=1S/C22H23N3O2S/c1-15-21(16(2)26)28-22(24-15)25-9-10-27-14-20(25)12-17-5-3-6-18(11-17)19-7-4-8-23-13-19/h3-8,11,13,20H,9-10,12,14H2,1-2H3/t20-/m0/s1. The molecule has 5 nitrogen and oxygen atoms in total. The molecule has 0 radical (unpaired) electrons. The van der Waals surface area contributed by atoms with Gasteiger partial charge in [0.1, 0.15) is 0 Å². The van der Waals surface area contributed by atoms with Gasteiger partial charge in [-0.15, -0.1) is 0 Å². The molecule has 0 spiro atoms. The van der Waals surface area contributed by atoms with Crippen molar-refractivity contribution in [3.63, 3.8) is 0 Å². The summed E-state index contributed by atoms with van der Waals surface area (Å²) in [5, 5.41) is 0.916. The Labute approximate surface area is 169 Å². The number of rotatable bonds is 5. The van der Waals surface area contributed by atoms with Crippen LogP contribution in [0.5, 0.6) is 0 Å². The van der Waals surface area contributed by atoms with E-state index in [9.17, 15) is 4.79 Å². The zero-order chi connectivity index (χ0) is 19.5. The maximum Gasteiger partial charge on any atom is 0.186 e. The number of ketones is 1. The van der Waals surface area contributed by atoms with Crippen LogP contribution in [0.4, 0.5) is 5.13 Å². The fourth-order valence-corrected chi connectivity index (χ4v) is 4.65. The van der Waals surface area contributed by atoms with Crippen LogP contribution in [-0.4, -0.2) is 41.6 Å². The topological polar surface area (TPSA) is 55.3 Å². The predicted molar refractivity (Wildman–Crippen MR) is 112 cm³/mol. The smallest absolute Gasteiger partial charge is 0.186 e. The van der Waals surface area contributed by atoms with Gasteiger partial charge in [0.05, 0.1) is 29.8 Å². The molecule has 3 heterocycles. The number of thiazole rings is 1. The normalized spacial score (nSPS) is 16.9. The Morgan fingerprint density at radius 2 is 2.14 bits per heavy atom. The Morgan fingerprint density at radius 1 is 1.29 bits per heavy atom. The van der Waals surface area contributed by atoms with Crippen molar-refractivity contribution in [2.45, 2.75) is 26.3 Å². The van der Waals surface area contributed by atoms with Crippen LogP contribution >= 0.6 is 11.3 Å². The average molecular weight is 394 g/mol. The summed E-state index contributed by atoms with van der Waals surface area (Å²) in [4.78, 5) is 23.8. The second-order valence-electron chi connectivity index (χ2n) is 7.04. The zero-order valence-electron chi connectivity index (χ0n) is 16.1. The fraction of sp³-hybridized carbons (Fsp3) is 0.318. The molecular weight excluding hydrogens is 370 g/mol. The number of hydrogen-bond acceptors (Lipinski definition) is 6. The minimum Gasteiger partial charge on any atom is -0.377 e. The highest BCUT2D eigenvalue weighted by Crippen LogP contribution is 2.30. The number of aryl methyl sites for hydroxylation is 1. The number of nitrogens with zero attached hydrogens (tertiary/aromatic N) is 3. The lowest BCUT2D eigenvalue weighted by Gasteiger charge is -2.35. The molecule has 28 heavy (non-hydrogen) atoms. The van der Waals surface area contributed by atoms with Crippen LogP contribution in [0.25, 0.3) is 11.1 Å². The third-order valence-electron chi connectivity index (χ3n) is 4.97. The van der Waals surface area contributed by atoms with E-state index in [0.29, 0.717) is 13.2 Å². The lowest BCUT2D eigenvalue weighted by atomic mass is 9.99. The Morgan fingerprint density at radius 3 is 2.89 bits per heavy atom. The number of aromatic nitrogens is 2. The predicted octanol–water partition coefficient (Wildman–Crippen LogP) is 4.16. The van der Waals surface area contributed by atoms with Gasteiger partial charge in [0.25, 0.3) is 0 Å². The van der Waals surface area contributed by atoms with E-state index >= 15 is 0 Å². The zero-order valence-corrected chi connectivity index (χ0v) is 16.9. The summed E-state index contributed by atoms with van der Waals surface area (Å²) in [6, 6.07) is 12.8. The molecule has 0 bridgehead atoms. The summed E-state index contributed by atoms with van der Waals surface area (Å²) in [6.07, 6.45) is 4.54. The van der Waals surface area contributed by atoms with Crippen molar-refractivity contribution in [2.24, 2.45) is 0 Å². The highest BCUT2D eigenvalue weighted by atomic mass is 32.1. The summed E-state index contributed by atoms with van der Waals surface area (Å²) in [5.41, 5.74) is 4.35. The van der Waals surface area contributed by atoms with Crippen LogP contribution in [0, 0.1) is 6.92 Å². The summed E-state index contributed by atoms with van der Waals surface area (Å²) in [6.45, 7) is 5.64. The number of morpholine rings is 1. The molecule has 3 aromatic rings. The second-order valence-corrected chi connectivity index (χ2v) is 8.01. The molecule has 1 atom stereocenters. The molecule has 144 valence electrons. The van der Waals surface area contributed by atoms with E-state index in [-0.39, 0.29) is 11.8 Å². The van der Waals surface area contributed by atoms with Gasteiger partial charge in [-0.3, -0.25) is 9.78 Å². The third-order valence-corrected chi connectivity index (χ3v) is 6.27. The van der Waals surface area contributed by atoms with Gasteiger partial charge in [-0.2, -0.15) is 0 Å². The number of benzene rings is 1.